The Bertz CT molecular complexity index is 826. The van der Waals surface area contributed by atoms with Gasteiger partial charge in [-0.15, -0.1) is 0 Å². The summed E-state index contributed by atoms with van der Waals surface area (Å²) in [6.07, 6.45) is 1.03. The smallest absolute Gasteiger partial charge is 0.173 e. The Morgan fingerprint density at radius 2 is 1.93 bits per heavy atom. The summed E-state index contributed by atoms with van der Waals surface area (Å²) < 4.78 is 10.7. The molecule has 0 aromatic heterocycles. The molecule has 0 aliphatic carbocycles. The second-order valence-corrected chi connectivity index (χ2v) is 8.21. The molecule has 3 rings (SSSR count). The molecule has 0 amide bonds. The standard InChI is InChI=1S/C23H30ClN3O2S/c1-18-5-3-6-21(22(18)24)25-23(30)27(12-4-11-26-13-15-29-16-14-26)17-19-7-9-20(28-2)10-8-19/h3,5-10H,4,11-17H2,1-2H3,(H,25,30). The number of halogens is 1. The van der Waals surface area contributed by atoms with Gasteiger partial charge < -0.3 is 19.7 Å². The summed E-state index contributed by atoms with van der Waals surface area (Å²) in [5.41, 5.74) is 3.05. The monoisotopic (exact) mass is 447 g/mol. The number of methoxy groups -OCH3 is 1. The van der Waals surface area contributed by atoms with Crippen molar-refractivity contribution in [2.45, 2.75) is 19.9 Å². The molecule has 1 saturated heterocycles. The van der Waals surface area contributed by atoms with E-state index < -0.39 is 0 Å². The zero-order valence-electron chi connectivity index (χ0n) is 17.7. The van der Waals surface area contributed by atoms with Crippen LogP contribution < -0.4 is 10.1 Å². The first-order chi connectivity index (χ1) is 14.6. The minimum absolute atomic E-state index is 0.681. The molecule has 1 heterocycles. The first kappa shape index (κ1) is 22.8. The number of morpholine rings is 1. The fraction of sp³-hybridized carbons (Fsp3) is 0.435. The van der Waals surface area contributed by atoms with Crippen LogP contribution in [0.4, 0.5) is 5.69 Å². The lowest BCUT2D eigenvalue weighted by atomic mass is 10.2. The number of rotatable bonds is 8. The molecule has 7 heteroatoms. The lowest BCUT2D eigenvalue weighted by Crippen LogP contribution is -2.40. The molecular formula is C23H30ClN3O2S. The molecule has 0 bridgehead atoms. The van der Waals surface area contributed by atoms with Gasteiger partial charge in [-0.05, 0) is 54.9 Å². The second kappa shape index (κ2) is 11.5. The molecule has 1 fully saturated rings. The number of hydrogen-bond donors (Lipinski definition) is 1. The van der Waals surface area contributed by atoms with Gasteiger partial charge in [0, 0.05) is 32.7 Å². The molecule has 0 radical (unpaired) electrons. The fourth-order valence-corrected chi connectivity index (χ4v) is 3.89. The maximum Gasteiger partial charge on any atom is 0.173 e. The summed E-state index contributed by atoms with van der Waals surface area (Å²) >= 11 is 12.2. The quantitative estimate of drug-likeness (QED) is 0.597. The first-order valence-corrected chi connectivity index (χ1v) is 11.1. The predicted octanol–water partition coefficient (Wildman–Crippen LogP) is 4.58. The summed E-state index contributed by atoms with van der Waals surface area (Å²) in [6, 6.07) is 14.1. The number of hydrogen-bond acceptors (Lipinski definition) is 4. The number of ether oxygens (including phenoxy) is 2. The molecule has 30 heavy (non-hydrogen) atoms. The van der Waals surface area contributed by atoms with Crippen molar-refractivity contribution in [3.63, 3.8) is 0 Å². The minimum Gasteiger partial charge on any atom is -0.497 e. The highest BCUT2D eigenvalue weighted by atomic mass is 35.5. The molecule has 1 aliphatic rings. The van der Waals surface area contributed by atoms with E-state index in [1.54, 1.807) is 7.11 Å². The van der Waals surface area contributed by atoms with E-state index >= 15 is 0 Å². The number of benzene rings is 2. The van der Waals surface area contributed by atoms with E-state index in [0.29, 0.717) is 10.1 Å². The number of nitrogens with one attached hydrogen (secondary N) is 1. The minimum atomic E-state index is 0.681. The lowest BCUT2D eigenvalue weighted by Gasteiger charge is -2.30. The van der Waals surface area contributed by atoms with Gasteiger partial charge >= 0.3 is 0 Å². The van der Waals surface area contributed by atoms with Crippen LogP contribution in [0.25, 0.3) is 0 Å². The van der Waals surface area contributed by atoms with Crippen LogP contribution in [0.3, 0.4) is 0 Å². The topological polar surface area (TPSA) is 37.0 Å². The Labute approximate surface area is 189 Å². The molecule has 0 spiro atoms. The van der Waals surface area contributed by atoms with E-state index in [-0.39, 0.29) is 0 Å². The molecule has 0 saturated carbocycles. The number of anilines is 1. The SMILES string of the molecule is COc1ccc(CN(CCCN2CCOCC2)C(=S)Nc2cccc(C)c2Cl)cc1. The van der Waals surface area contributed by atoms with E-state index in [1.165, 1.54) is 5.56 Å². The van der Waals surface area contributed by atoms with Gasteiger partial charge in [0.15, 0.2) is 5.11 Å². The van der Waals surface area contributed by atoms with Gasteiger partial charge in [-0.3, -0.25) is 4.90 Å². The fourth-order valence-electron chi connectivity index (χ4n) is 3.45. The van der Waals surface area contributed by atoms with Crippen molar-refractivity contribution in [2.24, 2.45) is 0 Å². The van der Waals surface area contributed by atoms with Gasteiger partial charge in [0.05, 0.1) is 31.0 Å². The number of nitrogens with zero attached hydrogens (tertiary/aromatic N) is 2. The zero-order valence-corrected chi connectivity index (χ0v) is 19.3. The molecule has 0 unspecified atom stereocenters. The van der Waals surface area contributed by atoms with E-state index in [1.807, 2.05) is 37.3 Å². The van der Waals surface area contributed by atoms with E-state index in [0.717, 1.165) is 69.4 Å². The van der Waals surface area contributed by atoms with Gasteiger partial charge in [-0.25, -0.2) is 0 Å². The summed E-state index contributed by atoms with van der Waals surface area (Å²) in [4.78, 5) is 4.65. The van der Waals surface area contributed by atoms with Crippen molar-refractivity contribution in [2.75, 3.05) is 51.8 Å². The Hall–Kier alpha value is -1.86. The van der Waals surface area contributed by atoms with Crippen LogP contribution >= 0.6 is 23.8 Å². The van der Waals surface area contributed by atoms with Gasteiger partial charge in [0.2, 0.25) is 0 Å². The Balaban J connectivity index is 1.66. The van der Waals surface area contributed by atoms with Crippen molar-refractivity contribution < 1.29 is 9.47 Å². The lowest BCUT2D eigenvalue weighted by molar-refractivity contribution is 0.0368. The largest absolute Gasteiger partial charge is 0.497 e. The van der Waals surface area contributed by atoms with Crippen molar-refractivity contribution in [3.05, 3.63) is 58.6 Å². The van der Waals surface area contributed by atoms with Crippen molar-refractivity contribution in [3.8, 4) is 5.75 Å². The van der Waals surface area contributed by atoms with Crippen LogP contribution in [-0.2, 0) is 11.3 Å². The van der Waals surface area contributed by atoms with Crippen LogP contribution in [-0.4, -0.2) is 61.4 Å². The summed E-state index contributed by atoms with van der Waals surface area (Å²) in [5.74, 6) is 0.852. The maximum atomic E-state index is 6.47. The molecule has 0 atom stereocenters. The summed E-state index contributed by atoms with van der Waals surface area (Å²) in [6.45, 7) is 8.26. The van der Waals surface area contributed by atoms with Gasteiger partial charge in [-0.2, -0.15) is 0 Å². The normalized spacial score (nSPS) is 14.4. The number of thiocarbonyl (C=S) groups is 1. The maximum absolute atomic E-state index is 6.47. The average molecular weight is 448 g/mol. The van der Waals surface area contributed by atoms with Gasteiger partial charge in [0.25, 0.3) is 0 Å². The van der Waals surface area contributed by atoms with Crippen LogP contribution in [0, 0.1) is 6.92 Å². The van der Waals surface area contributed by atoms with Gasteiger partial charge in [0.1, 0.15) is 5.75 Å². The molecule has 5 nitrogen and oxygen atoms in total. The highest BCUT2D eigenvalue weighted by molar-refractivity contribution is 7.80. The van der Waals surface area contributed by atoms with Crippen LogP contribution in [0.1, 0.15) is 17.5 Å². The Kier molecular flexibility index (Phi) is 8.75. The van der Waals surface area contributed by atoms with E-state index in [4.69, 9.17) is 33.3 Å². The average Bonchev–Trinajstić information content (AvgIpc) is 2.77. The number of aryl methyl sites for hydroxylation is 1. The molecule has 162 valence electrons. The first-order valence-electron chi connectivity index (χ1n) is 10.3. The van der Waals surface area contributed by atoms with Crippen molar-refractivity contribution >= 4 is 34.6 Å². The van der Waals surface area contributed by atoms with Crippen LogP contribution in [0.2, 0.25) is 5.02 Å². The summed E-state index contributed by atoms with van der Waals surface area (Å²) in [7, 11) is 1.68. The molecule has 1 aliphatic heterocycles. The molecule has 1 N–H and O–H groups in total. The highest BCUT2D eigenvalue weighted by Gasteiger charge is 2.15. The Morgan fingerprint density at radius 3 is 2.63 bits per heavy atom. The third-order valence-corrected chi connectivity index (χ3v) is 6.12. The highest BCUT2D eigenvalue weighted by Crippen LogP contribution is 2.25. The Morgan fingerprint density at radius 1 is 1.20 bits per heavy atom. The van der Waals surface area contributed by atoms with Crippen molar-refractivity contribution in [1.29, 1.82) is 0 Å². The van der Waals surface area contributed by atoms with Crippen molar-refractivity contribution in [1.82, 2.24) is 9.80 Å². The van der Waals surface area contributed by atoms with Crippen LogP contribution in [0.15, 0.2) is 42.5 Å². The second-order valence-electron chi connectivity index (χ2n) is 7.44. The molecule has 2 aromatic rings. The predicted molar refractivity (Wildman–Crippen MR) is 128 cm³/mol. The summed E-state index contributed by atoms with van der Waals surface area (Å²) in [5, 5.41) is 4.74. The molecular weight excluding hydrogens is 418 g/mol. The van der Waals surface area contributed by atoms with E-state index in [2.05, 4.69) is 27.2 Å². The third-order valence-electron chi connectivity index (χ3n) is 5.26. The molecule has 2 aromatic carbocycles. The van der Waals surface area contributed by atoms with Gasteiger partial charge in [-0.1, -0.05) is 35.9 Å². The van der Waals surface area contributed by atoms with Crippen LogP contribution in [0.5, 0.6) is 5.75 Å². The zero-order chi connectivity index (χ0) is 21.3. The third kappa shape index (κ3) is 6.57. The van der Waals surface area contributed by atoms with E-state index in [9.17, 15) is 0 Å².